The minimum atomic E-state index is 0.485. The van der Waals surface area contributed by atoms with Crippen LogP contribution >= 0.6 is 11.6 Å². The lowest BCUT2D eigenvalue weighted by Crippen LogP contribution is -2.09. The van der Waals surface area contributed by atoms with E-state index in [1.54, 1.807) is 0 Å². The van der Waals surface area contributed by atoms with E-state index in [0.717, 1.165) is 29.5 Å². The molecule has 0 atom stereocenters. The van der Waals surface area contributed by atoms with Gasteiger partial charge in [0, 0.05) is 11.1 Å². The number of halogens is 1. The molecule has 5 nitrogen and oxygen atoms in total. The van der Waals surface area contributed by atoms with E-state index < -0.39 is 0 Å². The lowest BCUT2D eigenvalue weighted by molar-refractivity contribution is 0.727. The topological polar surface area (TPSA) is 56.0 Å². The number of nitrogens with zero attached hydrogens (tertiary/aromatic N) is 5. The third kappa shape index (κ3) is 1.22. The van der Waals surface area contributed by atoms with E-state index in [2.05, 4.69) is 32.8 Å². The number of fused-ring (bicyclic) bond motifs is 5. The fourth-order valence-corrected chi connectivity index (χ4v) is 2.80. The van der Waals surface area contributed by atoms with Crippen molar-refractivity contribution >= 4 is 17.2 Å². The Morgan fingerprint density at radius 3 is 3.00 bits per heavy atom. The van der Waals surface area contributed by atoms with Crippen molar-refractivity contribution in [3.63, 3.8) is 0 Å². The standard InChI is InChI=1S/C12H8ClN5/c13-11-9-6-5-7-3-1-2-4-8(7)10(9)12-14-16-17-18(12)15-11/h1-4H,5-6H2. The highest BCUT2D eigenvalue weighted by molar-refractivity contribution is 6.30. The van der Waals surface area contributed by atoms with Crippen molar-refractivity contribution in [2.75, 3.05) is 0 Å². The summed E-state index contributed by atoms with van der Waals surface area (Å²) >= 11 is 6.22. The van der Waals surface area contributed by atoms with Crippen LogP contribution in [-0.2, 0) is 12.8 Å². The fraction of sp³-hybridized carbons (Fsp3) is 0.167. The monoisotopic (exact) mass is 257 g/mol. The molecule has 0 radical (unpaired) electrons. The fourth-order valence-electron chi connectivity index (χ4n) is 2.53. The molecular weight excluding hydrogens is 250 g/mol. The van der Waals surface area contributed by atoms with Gasteiger partial charge in [0.05, 0.1) is 0 Å². The van der Waals surface area contributed by atoms with Crippen molar-refractivity contribution in [2.24, 2.45) is 0 Å². The molecular formula is C12H8ClN5. The van der Waals surface area contributed by atoms with Gasteiger partial charge in [0.2, 0.25) is 5.65 Å². The molecule has 6 heteroatoms. The second kappa shape index (κ2) is 3.49. The van der Waals surface area contributed by atoms with Crippen LogP contribution < -0.4 is 0 Å². The highest BCUT2D eigenvalue weighted by Crippen LogP contribution is 2.37. The molecule has 3 aromatic rings. The molecule has 0 fully saturated rings. The Kier molecular flexibility index (Phi) is 1.93. The summed E-state index contributed by atoms with van der Waals surface area (Å²) in [5.74, 6) is 0. The number of hydrogen-bond acceptors (Lipinski definition) is 4. The first-order chi connectivity index (χ1) is 8.84. The van der Waals surface area contributed by atoms with Crippen LogP contribution in [0, 0.1) is 0 Å². The lowest BCUT2D eigenvalue weighted by atomic mass is 9.87. The van der Waals surface area contributed by atoms with Crippen LogP contribution in [0.2, 0.25) is 5.15 Å². The van der Waals surface area contributed by atoms with Crippen LogP contribution in [0.3, 0.4) is 0 Å². The summed E-state index contributed by atoms with van der Waals surface area (Å²) in [4.78, 5) is 0. The summed E-state index contributed by atoms with van der Waals surface area (Å²) in [5, 5.41) is 16.2. The molecule has 18 heavy (non-hydrogen) atoms. The molecule has 2 heterocycles. The van der Waals surface area contributed by atoms with Gasteiger partial charge >= 0.3 is 0 Å². The third-order valence-electron chi connectivity index (χ3n) is 3.34. The van der Waals surface area contributed by atoms with Gasteiger partial charge in [-0.25, -0.2) is 0 Å². The molecule has 0 N–H and O–H groups in total. The normalized spacial score (nSPS) is 13.4. The summed E-state index contributed by atoms with van der Waals surface area (Å²) in [6.07, 6.45) is 1.85. The summed E-state index contributed by atoms with van der Waals surface area (Å²) in [6, 6.07) is 8.28. The largest absolute Gasteiger partial charge is 0.208 e. The van der Waals surface area contributed by atoms with Gasteiger partial charge in [0.15, 0.2) is 5.15 Å². The second-order valence-electron chi connectivity index (χ2n) is 4.29. The van der Waals surface area contributed by atoms with Gasteiger partial charge in [0.25, 0.3) is 0 Å². The smallest absolute Gasteiger partial charge is 0.135 e. The average molecular weight is 258 g/mol. The summed E-state index contributed by atoms with van der Waals surface area (Å²) in [6.45, 7) is 0. The van der Waals surface area contributed by atoms with Gasteiger partial charge in [-0.1, -0.05) is 35.9 Å². The number of hydrogen-bond donors (Lipinski definition) is 0. The van der Waals surface area contributed by atoms with Gasteiger partial charge in [-0.05, 0) is 34.4 Å². The molecule has 1 aromatic carbocycles. The van der Waals surface area contributed by atoms with Crippen LogP contribution in [0.25, 0.3) is 16.8 Å². The zero-order valence-electron chi connectivity index (χ0n) is 9.34. The maximum absolute atomic E-state index is 6.22. The lowest BCUT2D eigenvalue weighted by Gasteiger charge is -2.19. The van der Waals surface area contributed by atoms with E-state index in [4.69, 9.17) is 11.6 Å². The van der Waals surface area contributed by atoms with Crippen molar-refractivity contribution in [2.45, 2.75) is 12.8 Å². The van der Waals surface area contributed by atoms with Crippen molar-refractivity contribution < 1.29 is 0 Å². The molecule has 0 bridgehead atoms. The van der Waals surface area contributed by atoms with E-state index in [1.165, 1.54) is 10.2 Å². The molecule has 0 aliphatic heterocycles. The van der Waals surface area contributed by atoms with E-state index in [-0.39, 0.29) is 0 Å². The summed E-state index contributed by atoms with van der Waals surface area (Å²) < 4.78 is 1.39. The van der Waals surface area contributed by atoms with Crippen LogP contribution in [0.4, 0.5) is 0 Å². The van der Waals surface area contributed by atoms with Crippen molar-refractivity contribution in [1.82, 2.24) is 25.3 Å². The second-order valence-corrected chi connectivity index (χ2v) is 4.65. The molecule has 0 saturated heterocycles. The molecule has 1 aliphatic carbocycles. The number of aromatic nitrogens is 5. The van der Waals surface area contributed by atoms with E-state index in [0.29, 0.717) is 10.8 Å². The van der Waals surface area contributed by atoms with Crippen molar-refractivity contribution in [3.8, 4) is 11.1 Å². The molecule has 0 unspecified atom stereocenters. The molecule has 2 aromatic heterocycles. The average Bonchev–Trinajstić information content (AvgIpc) is 2.86. The predicted octanol–water partition coefficient (Wildman–Crippen LogP) is 1.94. The highest BCUT2D eigenvalue weighted by atomic mass is 35.5. The predicted molar refractivity (Wildman–Crippen MR) is 66.4 cm³/mol. The van der Waals surface area contributed by atoms with Crippen LogP contribution in [0.1, 0.15) is 11.1 Å². The first-order valence-electron chi connectivity index (χ1n) is 5.69. The van der Waals surface area contributed by atoms with Crippen LogP contribution in [-0.4, -0.2) is 25.3 Å². The molecule has 88 valence electrons. The number of aryl methyl sites for hydroxylation is 1. The minimum absolute atomic E-state index is 0.485. The van der Waals surface area contributed by atoms with Crippen molar-refractivity contribution in [1.29, 1.82) is 0 Å². The summed E-state index contributed by atoms with van der Waals surface area (Å²) in [7, 11) is 0. The van der Waals surface area contributed by atoms with E-state index in [9.17, 15) is 0 Å². The maximum Gasteiger partial charge on any atom is 0.208 e. The molecule has 0 saturated carbocycles. The molecule has 0 spiro atoms. The van der Waals surface area contributed by atoms with Gasteiger partial charge in [-0.2, -0.15) is 0 Å². The Bertz CT molecular complexity index is 764. The van der Waals surface area contributed by atoms with E-state index in [1.807, 2.05) is 12.1 Å². The van der Waals surface area contributed by atoms with Crippen molar-refractivity contribution in [3.05, 3.63) is 40.5 Å². The zero-order valence-corrected chi connectivity index (χ0v) is 10.1. The summed E-state index contributed by atoms with van der Waals surface area (Å²) in [5.41, 5.74) is 5.18. The number of benzene rings is 1. The molecule has 1 aliphatic rings. The first kappa shape index (κ1) is 9.96. The van der Waals surface area contributed by atoms with Gasteiger partial charge in [-0.3, -0.25) is 0 Å². The van der Waals surface area contributed by atoms with Crippen LogP contribution in [0.5, 0.6) is 0 Å². The maximum atomic E-state index is 6.22. The number of rotatable bonds is 0. The van der Waals surface area contributed by atoms with Crippen LogP contribution in [0.15, 0.2) is 24.3 Å². The SMILES string of the molecule is Clc1nn2nnnc2c2c1CCc1ccccc1-2. The molecule has 0 amide bonds. The van der Waals surface area contributed by atoms with E-state index >= 15 is 0 Å². The Morgan fingerprint density at radius 1 is 1.17 bits per heavy atom. The Labute approximate surface area is 107 Å². The third-order valence-corrected chi connectivity index (χ3v) is 3.65. The molecule has 4 rings (SSSR count). The zero-order chi connectivity index (χ0) is 12.1. The highest BCUT2D eigenvalue weighted by Gasteiger charge is 2.23. The first-order valence-corrected chi connectivity index (χ1v) is 6.07. The number of tetrazole rings is 1. The Balaban J connectivity index is 2.18. The van der Waals surface area contributed by atoms with Gasteiger partial charge in [0.1, 0.15) is 0 Å². The minimum Gasteiger partial charge on any atom is -0.135 e. The van der Waals surface area contributed by atoms with Gasteiger partial charge < -0.3 is 0 Å². The van der Waals surface area contributed by atoms with Gasteiger partial charge in [-0.15, -0.1) is 14.8 Å². The Hall–Kier alpha value is -2.01. The Morgan fingerprint density at radius 2 is 2.06 bits per heavy atom. The quantitative estimate of drug-likeness (QED) is 0.618.